The van der Waals surface area contributed by atoms with Gasteiger partial charge in [-0.05, 0) is 13.8 Å². The van der Waals surface area contributed by atoms with E-state index in [0.29, 0.717) is 5.69 Å². The Kier molecular flexibility index (Phi) is 7.48. The molecule has 25 heavy (non-hydrogen) atoms. The SMILES string of the molecule is CC(O)C(NC(=O)C(NC(=O)C(N)Cc1cnc[nH]1)C(C)O)C(=O)O. The van der Waals surface area contributed by atoms with Gasteiger partial charge in [-0.1, -0.05) is 0 Å². The molecule has 140 valence electrons. The Hall–Kier alpha value is -2.50. The zero-order valence-corrected chi connectivity index (χ0v) is 13.8. The topological polar surface area (TPSA) is 191 Å². The maximum atomic E-state index is 12.2. The molecule has 1 aromatic heterocycles. The van der Waals surface area contributed by atoms with Gasteiger partial charge < -0.3 is 36.7 Å². The number of amides is 2. The van der Waals surface area contributed by atoms with Crippen molar-refractivity contribution >= 4 is 17.8 Å². The molecular formula is C14H23N5O6. The Morgan fingerprint density at radius 1 is 1.16 bits per heavy atom. The van der Waals surface area contributed by atoms with E-state index in [4.69, 9.17) is 10.8 Å². The standard InChI is InChI=1S/C14H23N5O6/c1-6(20)10(13(23)19-11(7(2)21)14(24)25)18-12(22)9(15)3-8-4-16-5-17-8/h4-7,9-11,20-21H,3,15H2,1-2H3,(H,16,17)(H,18,22)(H,19,23)(H,24,25). The Morgan fingerprint density at radius 3 is 2.16 bits per heavy atom. The summed E-state index contributed by atoms with van der Waals surface area (Å²) in [6, 6.07) is -4.02. The number of nitrogens with one attached hydrogen (secondary N) is 3. The molecule has 0 spiro atoms. The first-order chi connectivity index (χ1) is 11.6. The third-order valence-corrected chi connectivity index (χ3v) is 3.44. The predicted molar refractivity (Wildman–Crippen MR) is 85.1 cm³/mol. The second-order valence-corrected chi connectivity index (χ2v) is 5.68. The van der Waals surface area contributed by atoms with Crippen LogP contribution in [0.4, 0.5) is 0 Å². The van der Waals surface area contributed by atoms with Gasteiger partial charge in [-0.15, -0.1) is 0 Å². The van der Waals surface area contributed by atoms with Crippen LogP contribution >= 0.6 is 0 Å². The van der Waals surface area contributed by atoms with Crippen LogP contribution in [0.2, 0.25) is 0 Å². The molecule has 1 aromatic rings. The number of carbonyl (C=O) groups excluding carboxylic acids is 2. The van der Waals surface area contributed by atoms with Crippen LogP contribution in [0.25, 0.3) is 0 Å². The van der Waals surface area contributed by atoms with Crippen molar-refractivity contribution in [1.82, 2.24) is 20.6 Å². The quantitative estimate of drug-likeness (QED) is 0.245. The lowest BCUT2D eigenvalue weighted by Gasteiger charge is -2.25. The number of nitrogens with zero attached hydrogens (tertiary/aromatic N) is 1. The molecule has 0 saturated heterocycles. The molecule has 0 radical (unpaired) electrons. The van der Waals surface area contributed by atoms with Crippen molar-refractivity contribution in [2.24, 2.45) is 5.73 Å². The number of nitrogens with two attached hydrogens (primary N) is 1. The number of aliphatic hydroxyl groups excluding tert-OH is 2. The maximum Gasteiger partial charge on any atom is 0.328 e. The van der Waals surface area contributed by atoms with E-state index < -0.39 is 48.1 Å². The van der Waals surface area contributed by atoms with Gasteiger partial charge in [-0.3, -0.25) is 9.59 Å². The average Bonchev–Trinajstić information content (AvgIpc) is 3.01. The Bertz CT molecular complexity index is 589. The lowest BCUT2D eigenvalue weighted by Crippen LogP contribution is -2.59. The van der Waals surface area contributed by atoms with Crippen molar-refractivity contribution in [2.45, 2.75) is 50.6 Å². The molecule has 5 unspecified atom stereocenters. The summed E-state index contributed by atoms with van der Waals surface area (Å²) >= 11 is 0. The van der Waals surface area contributed by atoms with Gasteiger partial charge in [-0.25, -0.2) is 9.78 Å². The van der Waals surface area contributed by atoms with Gasteiger partial charge in [0.25, 0.3) is 0 Å². The minimum atomic E-state index is -1.58. The molecule has 8 N–H and O–H groups in total. The number of aromatic nitrogens is 2. The van der Waals surface area contributed by atoms with E-state index in [9.17, 15) is 24.6 Å². The van der Waals surface area contributed by atoms with Gasteiger partial charge in [0.1, 0.15) is 6.04 Å². The first kappa shape index (κ1) is 20.5. The molecule has 0 aliphatic rings. The van der Waals surface area contributed by atoms with E-state index in [-0.39, 0.29) is 6.42 Å². The fourth-order valence-electron chi connectivity index (χ4n) is 2.02. The molecular weight excluding hydrogens is 334 g/mol. The zero-order chi connectivity index (χ0) is 19.1. The number of aliphatic hydroxyl groups is 2. The summed E-state index contributed by atoms with van der Waals surface area (Å²) in [4.78, 5) is 41.9. The van der Waals surface area contributed by atoms with E-state index in [1.807, 2.05) is 0 Å². The summed E-state index contributed by atoms with van der Waals surface area (Å²) in [6.45, 7) is 2.44. The van der Waals surface area contributed by atoms with Crippen molar-refractivity contribution in [3.05, 3.63) is 18.2 Å². The lowest BCUT2D eigenvalue weighted by molar-refractivity contribution is -0.145. The highest BCUT2D eigenvalue weighted by Gasteiger charge is 2.32. The van der Waals surface area contributed by atoms with E-state index in [1.165, 1.54) is 26.4 Å². The summed E-state index contributed by atoms with van der Waals surface area (Å²) in [6.07, 6.45) is 0.368. The number of carbonyl (C=O) groups is 3. The van der Waals surface area contributed by atoms with Crippen molar-refractivity contribution in [3.8, 4) is 0 Å². The van der Waals surface area contributed by atoms with Gasteiger partial charge in [-0.2, -0.15) is 0 Å². The number of hydrogen-bond donors (Lipinski definition) is 7. The zero-order valence-electron chi connectivity index (χ0n) is 13.8. The molecule has 2 amide bonds. The summed E-state index contributed by atoms with van der Waals surface area (Å²) < 4.78 is 0. The molecule has 1 rings (SSSR count). The minimum absolute atomic E-state index is 0.130. The third-order valence-electron chi connectivity index (χ3n) is 3.44. The predicted octanol–water partition coefficient (Wildman–Crippen LogP) is -2.90. The summed E-state index contributed by atoms with van der Waals surface area (Å²) in [5, 5.41) is 32.4. The van der Waals surface area contributed by atoms with Gasteiger partial charge in [0.15, 0.2) is 6.04 Å². The van der Waals surface area contributed by atoms with Crippen LogP contribution in [-0.2, 0) is 20.8 Å². The van der Waals surface area contributed by atoms with Crippen molar-refractivity contribution in [2.75, 3.05) is 0 Å². The number of carboxylic acid groups (broad SMARTS) is 1. The number of rotatable bonds is 9. The fourth-order valence-corrected chi connectivity index (χ4v) is 2.02. The monoisotopic (exact) mass is 357 g/mol. The molecule has 1 heterocycles. The van der Waals surface area contributed by atoms with Gasteiger partial charge in [0, 0.05) is 18.3 Å². The smallest absolute Gasteiger partial charge is 0.328 e. The first-order valence-electron chi connectivity index (χ1n) is 7.56. The highest BCUT2D eigenvalue weighted by Crippen LogP contribution is 2.01. The molecule has 5 atom stereocenters. The highest BCUT2D eigenvalue weighted by atomic mass is 16.4. The highest BCUT2D eigenvalue weighted by molar-refractivity contribution is 5.92. The molecule has 0 aliphatic heterocycles. The van der Waals surface area contributed by atoms with Gasteiger partial charge in [0.2, 0.25) is 11.8 Å². The molecule has 0 aromatic carbocycles. The van der Waals surface area contributed by atoms with E-state index >= 15 is 0 Å². The number of H-pyrrole nitrogens is 1. The molecule has 11 heteroatoms. The molecule has 0 fully saturated rings. The normalized spacial score (nSPS) is 17.0. The molecule has 0 bridgehead atoms. The summed E-state index contributed by atoms with van der Waals surface area (Å²) in [5.41, 5.74) is 6.36. The summed E-state index contributed by atoms with van der Waals surface area (Å²) in [5.74, 6) is -3.11. The van der Waals surface area contributed by atoms with Crippen LogP contribution in [0.15, 0.2) is 12.5 Å². The maximum absolute atomic E-state index is 12.2. The van der Waals surface area contributed by atoms with Crippen LogP contribution in [0.5, 0.6) is 0 Å². The number of carboxylic acids is 1. The Labute approximate surface area is 143 Å². The molecule has 0 saturated carbocycles. The Morgan fingerprint density at radius 2 is 1.72 bits per heavy atom. The number of aromatic amines is 1. The second kappa shape index (κ2) is 9.11. The van der Waals surface area contributed by atoms with Gasteiger partial charge >= 0.3 is 5.97 Å². The average molecular weight is 357 g/mol. The molecule has 11 nitrogen and oxygen atoms in total. The second-order valence-electron chi connectivity index (χ2n) is 5.68. The van der Waals surface area contributed by atoms with Crippen molar-refractivity contribution < 1.29 is 29.7 Å². The van der Waals surface area contributed by atoms with Crippen molar-refractivity contribution in [1.29, 1.82) is 0 Å². The van der Waals surface area contributed by atoms with Crippen LogP contribution in [0.3, 0.4) is 0 Å². The van der Waals surface area contributed by atoms with E-state index in [1.54, 1.807) is 0 Å². The van der Waals surface area contributed by atoms with E-state index in [0.717, 1.165) is 0 Å². The fraction of sp³-hybridized carbons (Fsp3) is 0.571. The van der Waals surface area contributed by atoms with Gasteiger partial charge in [0.05, 0.1) is 24.6 Å². The van der Waals surface area contributed by atoms with E-state index in [2.05, 4.69) is 20.6 Å². The van der Waals surface area contributed by atoms with Crippen LogP contribution < -0.4 is 16.4 Å². The number of aliphatic carboxylic acids is 1. The third kappa shape index (κ3) is 6.14. The van der Waals surface area contributed by atoms with Crippen molar-refractivity contribution in [3.63, 3.8) is 0 Å². The summed E-state index contributed by atoms with van der Waals surface area (Å²) in [7, 11) is 0. The molecule has 0 aliphatic carbocycles. The largest absolute Gasteiger partial charge is 0.480 e. The van der Waals surface area contributed by atoms with Crippen LogP contribution in [0, 0.1) is 0 Å². The van der Waals surface area contributed by atoms with Crippen LogP contribution in [-0.4, -0.2) is 73.4 Å². The number of imidazole rings is 1. The lowest BCUT2D eigenvalue weighted by atomic mass is 10.1. The first-order valence-corrected chi connectivity index (χ1v) is 7.56. The Balaban J connectivity index is 2.73. The number of hydrogen-bond acceptors (Lipinski definition) is 7. The van der Waals surface area contributed by atoms with Crippen LogP contribution in [0.1, 0.15) is 19.5 Å². The minimum Gasteiger partial charge on any atom is -0.480 e.